The van der Waals surface area contributed by atoms with Gasteiger partial charge in [-0.25, -0.2) is 4.98 Å². The Morgan fingerprint density at radius 1 is 1.17 bits per heavy atom. The maximum atomic E-state index is 6.73. The Morgan fingerprint density at radius 2 is 1.93 bits per heavy atom. The number of rotatable bonds is 6. The SMILES string of the molecule is CCC(CC)c1ccc(Cl)c2c1nc1n2C(c2ccc(Cl)cc2CN(C)C)CN1. The second kappa shape index (κ2) is 8.17. The standard InChI is InChI=1S/C23H28Cl2N4/c1-5-14(6-2)18-9-10-19(25)22-21(18)27-23-26-12-20(29(22)23)17-8-7-16(24)11-15(17)13-28(3)4/h7-11,14,20H,5-6,12-13H2,1-4H3,(H,26,27). The minimum absolute atomic E-state index is 0.136. The van der Waals surface area contributed by atoms with Gasteiger partial charge in [-0.05, 0) is 67.7 Å². The van der Waals surface area contributed by atoms with E-state index < -0.39 is 0 Å². The molecule has 0 fully saturated rings. The van der Waals surface area contributed by atoms with Crippen LogP contribution in [0.4, 0.5) is 5.95 Å². The fourth-order valence-electron chi connectivity index (χ4n) is 4.57. The first-order chi connectivity index (χ1) is 13.9. The van der Waals surface area contributed by atoms with Gasteiger partial charge in [0.15, 0.2) is 0 Å². The van der Waals surface area contributed by atoms with Gasteiger partial charge in [0.2, 0.25) is 5.95 Å². The summed E-state index contributed by atoms with van der Waals surface area (Å²) < 4.78 is 2.28. The van der Waals surface area contributed by atoms with Crippen molar-refractivity contribution >= 4 is 40.2 Å². The van der Waals surface area contributed by atoms with Gasteiger partial charge in [-0.3, -0.25) is 4.57 Å². The van der Waals surface area contributed by atoms with E-state index in [4.69, 9.17) is 28.2 Å². The summed E-state index contributed by atoms with van der Waals surface area (Å²) in [5.41, 5.74) is 5.85. The predicted molar refractivity (Wildman–Crippen MR) is 124 cm³/mol. The lowest BCUT2D eigenvalue weighted by Crippen LogP contribution is -2.17. The number of hydrogen-bond donors (Lipinski definition) is 1. The summed E-state index contributed by atoms with van der Waals surface area (Å²) in [7, 11) is 4.16. The zero-order valence-electron chi connectivity index (χ0n) is 17.5. The van der Waals surface area contributed by atoms with Gasteiger partial charge in [0.05, 0.1) is 22.1 Å². The molecule has 1 aromatic heterocycles. The number of imidazole rings is 1. The second-order valence-corrected chi connectivity index (χ2v) is 8.97. The largest absolute Gasteiger partial charge is 0.353 e. The third-order valence-electron chi connectivity index (χ3n) is 5.96. The highest BCUT2D eigenvalue weighted by molar-refractivity contribution is 6.35. The molecule has 1 aliphatic heterocycles. The van der Waals surface area contributed by atoms with Gasteiger partial charge in [0.25, 0.3) is 0 Å². The van der Waals surface area contributed by atoms with E-state index in [1.165, 1.54) is 16.7 Å². The maximum Gasteiger partial charge on any atom is 0.204 e. The Bertz CT molecular complexity index is 1040. The minimum Gasteiger partial charge on any atom is -0.353 e. The van der Waals surface area contributed by atoms with Gasteiger partial charge >= 0.3 is 0 Å². The van der Waals surface area contributed by atoms with Crippen LogP contribution < -0.4 is 5.32 Å². The molecule has 6 heteroatoms. The van der Waals surface area contributed by atoms with Crippen molar-refractivity contribution in [2.45, 2.75) is 45.2 Å². The molecule has 1 atom stereocenters. The normalized spacial score (nSPS) is 16.1. The van der Waals surface area contributed by atoms with E-state index in [2.05, 4.69) is 60.9 Å². The lowest BCUT2D eigenvalue weighted by atomic mass is 9.93. The van der Waals surface area contributed by atoms with Gasteiger partial charge in [0.1, 0.15) is 0 Å². The average Bonchev–Trinajstić information content (AvgIpc) is 3.24. The van der Waals surface area contributed by atoms with E-state index in [1.807, 2.05) is 12.1 Å². The van der Waals surface area contributed by atoms with Crippen LogP contribution in [-0.2, 0) is 6.54 Å². The van der Waals surface area contributed by atoms with Crippen LogP contribution >= 0.6 is 23.2 Å². The van der Waals surface area contributed by atoms with Crippen molar-refractivity contribution < 1.29 is 0 Å². The highest BCUT2D eigenvalue weighted by Crippen LogP contribution is 2.41. The Balaban J connectivity index is 1.89. The number of aromatic nitrogens is 2. The molecule has 29 heavy (non-hydrogen) atoms. The number of hydrogen-bond acceptors (Lipinski definition) is 3. The summed E-state index contributed by atoms with van der Waals surface area (Å²) in [6, 6.07) is 10.5. The van der Waals surface area contributed by atoms with Gasteiger partial charge in [-0.15, -0.1) is 0 Å². The fourth-order valence-corrected chi connectivity index (χ4v) is 5.01. The molecular weight excluding hydrogens is 403 g/mol. The molecule has 154 valence electrons. The molecule has 0 bridgehead atoms. The molecule has 2 aromatic carbocycles. The van der Waals surface area contributed by atoms with Crippen molar-refractivity contribution in [1.82, 2.24) is 14.5 Å². The third kappa shape index (κ3) is 3.63. The van der Waals surface area contributed by atoms with Crippen LogP contribution in [0.1, 0.15) is 55.3 Å². The molecule has 2 heterocycles. The van der Waals surface area contributed by atoms with Crippen molar-refractivity contribution in [1.29, 1.82) is 0 Å². The molecular formula is C23H28Cl2N4. The van der Waals surface area contributed by atoms with Crippen LogP contribution in [0.2, 0.25) is 10.0 Å². The Kier molecular flexibility index (Phi) is 5.78. The molecule has 1 unspecified atom stereocenters. The average molecular weight is 431 g/mol. The van der Waals surface area contributed by atoms with Crippen LogP contribution in [0.3, 0.4) is 0 Å². The predicted octanol–water partition coefficient (Wildman–Crippen LogP) is 6.32. The number of nitrogens with one attached hydrogen (secondary N) is 1. The van der Waals surface area contributed by atoms with E-state index in [0.717, 1.165) is 53.0 Å². The highest BCUT2D eigenvalue weighted by atomic mass is 35.5. The first-order valence-corrected chi connectivity index (χ1v) is 11.1. The molecule has 3 aromatic rings. The van der Waals surface area contributed by atoms with Crippen LogP contribution in [-0.4, -0.2) is 35.1 Å². The van der Waals surface area contributed by atoms with E-state index in [-0.39, 0.29) is 6.04 Å². The Labute approximate surface area is 182 Å². The zero-order valence-corrected chi connectivity index (χ0v) is 19.0. The van der Waals surface area contributed by atoms with Crippen molar-refractivity contribution in [3.8, 4) is 0 Å². The highest BCUT2D eigenvalue weighted by Gasteiger charge is 2.31. The van der Waals surface area contributed by atoms with Gasteiger partial charge < -0.3 is 10.2 Å². The molecule has 0 amide bonds. The summed E-state index contributed by atoms with van der Waals surface area (Å²) in [5.74, 6) is 1.39. The topological polar surface area (TPSA) is 33.1 Å². The lowest BCUT2D eigenvalue weighted by molar-refractivity contribution is 0.399. The Hall–Kier alpha value is -1.75. The van der Waals surface area contributed by atoms with Crippen LogP contribution in [0.5, 0.6) is 0 Å². The van der Waals surface area contributed by atoms with Gasteiger partial charge in [-0.1, -0.05) is 49.2 Å². The molecule has 0 saturated heterocycles. The molecule has 1 N–H and O–H groups in total. The fraction of sp³-hybridized carbons (Fsp3) is 0.435. The summed E-state index contributed by atoms with van der Waals surface area (Å²) in [6.07, 6.45) is 2.19. The van der Waals surface area contributed by atoms with Crippen molar-refractivity contribution in [2.24, 2.45) is 0 Å². The maximum absolute atomic E-state index is 6.73. The van der Waals surface area contributed by atoms with Crippen LogP contribution in [0, 0.1) is 0 Å². The monoisotopic (exact) mass is 430 g/mol. The van der Waals surface area contributed by atoms with Crippen LogP contribution in [0.25, 0.3) is 11.0 Å². The van der Waals surface area contributed by atoms with Crippen molar-refractivity contribution in [3.63, 3.8) is 0 Å². The molecule has 0 radical (unpaired) electrons. The number of benzene rings is 2. The Morgan fingerprint density at radius 3 is 2.62 bits per heavy atom. The van der Waals surface area contributed by atoms with E-state index in [1.54, 1.807) is 0 Å². The van der Waals surface area contributed by atoms with E-state index in [0.29, 0.717) is 5.92 Å². The number of nitrogens with zero attached hydrogens (tertiary/aromatic N) is 3. The molecule has 1 aliphatic rings. The third-order valence-corrected chi connectivity index (χ3v) is 6.50. The van der Waals surface area contributed by atoms with E-state index >= 15 is 0 Å². The summed E-state index contributed by atoms with van der Waals surface area (Å²) >= 11 is 13.0. The lowest BCUT2D eigenvalue weighted by Gasteiger charge is -2.21. The van der Waals surface area contributed by atoms with Crippen molar-refractivity contribution in [3.05, 3.63) is 57.1 Å². The number of fused-ring (bicyclic) bond motifs is 3. The van der Waals surface area contributed by atoms with Gasteiger partial charge in [-0.2, -0.15) is 0 Å². The first-order valence-electron chi connectivity index (χ1n) is 10.3. The molecule has 4 nitrogen and oxygen atoms in total. The smallest absolute Gasteiger partial charge is 0.204 e. The first kappa shape index (κ1) is 20.5. The minimum atomic E-state index is 0.136. The van der Waals surface area contributed by atoms with Gasteiger partial charge in [0, 0.05) is 18.1 Å². The zero-order chi connectivity index (χ0) is 20.7. The van der Waals surface area contributed by atoms with Crippen LogP contribution in [0.15, 0.2) is 30.3 Å². The molecule has 0 spiro atoms. The van der Waals surface area contributed by atoms with E-state index in [9.17, 15) is 0 Å². The molecule has 0 saturated carbocycles. The second-order valence-electron chi connectivity index (χ2n) is 8.13. The molecule has 0 aliphatic carbocycles. The quantitative estimate of drug-likeness (QED) is 0.496. The summed E-state index contributed by atoms with van der Waals surface area (Å²) in [6.45, 7) is 6.11. The van der Waals surface area contributed by atoms with Crippen molar-refractivity contribution in [2.75, 3.05) is 26.0 Å². The number of anilines is 1. The molecule has 4 rings (SSSR count). The number of halogens is 2. The summed E-state index contributed by atoms with van der Waals surface area (Å²) in [4.78, 5) is 7.15. The summed E-state index contributed by atoms with van der Waals surface area (Å²) in [5, 5.41) is 5.03.